The molecule has 0 radical (unpaired) electrons. The van der Waals surface area contributed by atoms with E-state index in [9.17, 15) is 14.4 Å². The van der Waals surface area contributed by atoms with Crippen molar-refractivity contribution < 1.29 is 23.9 Å². The fourth-order valence-electron chi connectivity index (χ4n) is 2.81. The minimum Gasteiger partial charge on any atom is -0.493 e. The van der Waals surface area contributed by atoms with E-state index in [0.717, 1.165) is 4.90 Å². The van der Waals surface area contributed by atoms with Gasteiger partial charge in [-0.05, 0) is 48.4 Å². The lowest BCUT2D eigenvalue weighted by atomic mass is 10.1. The van der Waals surface area contributed by atoms with Crippen molar-refractivity contribution in [2.75, 3.05) is 19.1 Å². The molecule has 7 nitrogen and oxygen atoms in total. The number of barbiturate groups is 1. The third-order valence-electron chi connectivity index (χ3n) is 4.23. The number of carbonyl (C=O) groups is 3. The highest BCUT2D eigenvalue weighted by molar-refractivity contribution is 6.39. The maximum absolute atomic E-state index is 13.0. The van der Waals surface area contributed by atoms with Gasteiger partial charge < -0.3 is 9.47 Å². The number of carbonyl (C=O) groups excluding carboxylic acids is 3. The average Bonchev–Trinajstić information content (AvgIpc) is 2.67. The Morgan fingerprint density at radius 1 is 1.00 bits per heavy atom. The first-order chi connectivity index (χ1) is 13.3. The van der Waals surface area contributed by atoms with Gasteiger partial charge in [-0.1, -0.05) is 23.7 Å². The second kappa shape index (κ2) is 7.74. The van der Waals surface area contributed by atoms with E-state index in [4.69, 9.17) is 21.1 Å². The zero-order chi connectivity index (χ0) is 20.4. The summed E-state index contributed by atoms with van der Waals surface area (Å²) in [7, 11) is 2.99. The topological polar surface area (TPSA) is 84.9 Å². The zero-order valence-electron chi connectivity index (χ0n) is 15.4. The molecule has 0 saturated carbocycles. The Bertz CT molecular complexity index is 1020. The van der Waals surface area contributed by atoms with Crippen LogP contribution in [0, 0.1) is 6.92 Å². The highest BCUT2D eigenvalue weighted by atomic mass is 35.5. The lowest BCUT2D eigenvalue weighted by Gasteiger charge is -2.27. The lowest BCUT2D eigenvalue weighted by Crippen LogP contribution is -2.54. The lowest BCUT2D eigenvalue weighted by molar-refractivity contribution is -0.122. The largest absolute Gasteiger partial charge is 0.493 e. The molecule has 0 bridgehead atoms. The number of anilines is 1. The van der Waals surface area contributed by atoms with Gasteiger partial charge in [0, 0.05) is 5.02 Å². The van der Waals surface area contributed by atoms with Crippen LogP contribution >= 0.6 is 11.6 Å². The molecule has 1 aliphatic rings. The summed E-state index contributed by atoms with van der Waals surface area (Å²) in [6.45, 7) is 1.74. The van der Waals surface area contributed by atoms with Crippen LogP contribution in [0.2, 0.25) is 5.02 Å². The van der Waals surface area contributed by atoms with Crippen LogP contribution < -0.4 is 19.7 Å². The van der Waals surface area contributed by atoms with Crippen LogP contribution in [0.5, 0.6) is 11.5 Å². The van der Waals surface area contributed by atoms with E-state index in [-0.39, 0.29) is 5.57 Å². The van der Waals surface area contributed by atoms with E-state index in [1.54, 1.807) is 37.3 Å². The molecule has 1 N–H and O–H groups in total. The number of nitrogens with one attached hydrogen (secondary N) is 1. The second-order valence-corrected chi connectivity index (χ2v) is 6.44. The monoisotopic (exact) mass is 400 g/mol. The molecule has 28 heavy (non-hydrogen) atoms. The van der Waals surface area contributed by atoms with Crippen molar-refractivity contribution in [3.8, 4) is 11.5 Å². The summed E-state index contributed by atoms with van der Waals surface area (Å²) in [5.74, 6) is -0.566. The average molecular weight is 401 g/mol. The number of halogens is 1. The molecule has 8 heteroatoms. The third-order valence-corrected chi connectivity index (χ3v) is 4.47. The van der Waals surface area contributed by atoms with Crippen LogP contribution in [0.1, 0.15) is 11.1 Å². The Balaban J connectivity index is 2.05. The van der Waals surface area contributed by atoms with Crippen LogP contribution in [0.3, 0.4) is 0 Å². The predicted octanol–water partition coefficient (Wildman–Crippen LogP) is 3.33. The highest BCUT2D eigenvalue weighted by Crippen LogP contribution is 2.30. The normalized spacial score (nSPS) is 15.6. The standard InChI is InChI=1S/C20H17ClN2O5/c1-11-4-6-13(21)10-15(11)23-19(25)14(18(24)22-20(23)26)8-12-5-7-16(27-2)17(9-12)28-3/h4-10H,1-3H3,(H,22,24,26)/b14-8+. The molecule has 1 heterocycles. The van der Waals surface area contributed by atoms with Crippen LogP contribution in [-0.4, -0.2) is 32.1 Å². The Morgan fingerprint density at radius 2 is 1.71 bits per heavy atom. The number of ether oxygens (including phenoxy) is 2. The number of amides is 4. The minimum atomic E-state index is -0.829. The van der Waals surface area contributed by atoms with Gasteiger partial charge in [0.15, 0.2) is 11.5 Å². The van der Waals surface area contributed by atoms with E-state index >= 15 is 0 Å². The number of rotatable bonds is 4. The number of benzene rings is 2. The number of imide groups is 2. The van der Waals surface area contributed by atoms with Crippen molar-refractivity contribution in [1.29, 1.82) is 0 Å². The number of methoxy groups -OCH3 is 2. The fourth-order valence-corrected chi connectivity index (χ4v) is 2.98. The maximum Gasteiger partial charge on any atom is 0.335 e. The Kier molecular flexibility index (Phi) is 5.37. The first-order valence-electron chi connectivity index (χ1n) is 8.25. The van der Waals surface area contributed by atoms with Gasteiger partial charge in [-0.3, -0.25) is 14.9 Å². The minimum absolute atomic E-state index is 0.189. The first kappa shape index (κ1) is 19.4. The summed E-state index contributed by atoms with van der Waals surface area (Å²) >= 11 is 6.01. The molecular formula is C20H17ClN2O5. The second-order valence-electron chi connectivity index (χ2n) is 6.00. The van der Waals surface area contributed by atoms with Crippen LogP contribution in [0.15, 0.2) is 42.0 Å². The summed E-state index contributed by atoms with van der Waals surface area (Å²) in [6.07, 6.45) is 1.39. The van der Waals surface area contributed by atoms with Crippen molar-refractivity contribution in [2.45, 2.75) is 6.92 Å². The van der Waals surface area contributed by atoms with Crippen molar-refractivity contribution in [1.82, 2.24) is 5.32 Å². The van der Waals surface area contributed by atoms with Crippen LogP contribution in [0.4, 0.5) is 10.5 Å². The third kappa shape index (κ3) is 3.57. The van der Waals surface area contributed by atoms with E-state index in [0.29, 0.717) is 33.3 Å². The van der Waals surface area contributed by atoms with E-state index in [1.807, 2.05) is 0 Å². The summed E-state index contributed by atoms with van der Waals surface area (Å²) in [4.78, 5) is 38.5. The summed E-state index contributed by atoms with van der Waals surface area (Å²) in [6, 6.07) is 8.95. The Labute approximate surface area is 166 Å². The number of nitrogens with zero attached hydrogens (tertiary/aromatic N) is 1. The van der Waals surface area contributed by atoms with Gasteiger partial charge in [0.1, 0.15) is 5.57 Å². The van der Waals surface area contributed by atoms with Gasteiger partial charge in [0.25, 0.3) is 11.8 Å². The first-order valence-corrected chi connectivity index (χ1v) is 8.63. The van der Waals surface area contributed by atoms with Crippen molar-refractivity contribution in [3.63, 3.8) is 0 Å². The number of aryl methyl sites for hydroxylation is 1. The summed E-state index contributed by atoms with van der Waals surface area (Å²) < 4.78 is 10.4. The fraction of sp³-hybridized carbons (Fsp3) is 0.150. The van der Waals surface area contributed by atoms with Crippen LogP contribution in [0.25, 0.3) is 6.08 Å². The van der Waals surface area contributed by atoms with Crippen molar-refractivity contribution >= 4 is 41.2 Å². The molecule has 3 rings (SSSR count). The zero-order valence-corrected chi connectivity index (χ0v) is 16.2. The van der Waals surface area contributed by atoms with Gasteiger partial charge in [-0.15, -0.1) is 0 Å². The molecule has 1 saturated heterocycles. The molecule has 0 unspecified atom stereocenters. The van der Waals surface area contributed by atoms with E-state index < -0.39 is 17.8 Å². The smallest absolute Gasteiger partial charge is 0.335 e. The molecule has 0 aromatic heterocycles. The molecule has 2 aromatic rings. The maximum atomic E-state index is 13.0. The summed E-state index contributed by atoms with van der Waals surface area (Å²) in [5, 5.41) is 2.55. The van der Waals surface area contributed by atoms with Crippen molar-refractivity contribution in [2.24, 2.45) is 0 Å². The Hall–Kier alpha value is -3.32. The van der Waals surface area contributed by atoms with E-state index in [2.05, 4.69) is 5.32 Å². The van der Waals surface area contributed by atoms with Gasteiger partial charge in [-0.25, -0.2) is 9.69 Å². The van der Waals surface area contributed by atoms with Crippen molar-refractivity contribution in [3.05, 3.63) is 58.1 Å². The van der Waals surface area contributed by atoms with Gasteiger partial charge in [0.2, 0.25) is 0 Å². The Morgan fingerprint density at radius 3 is 2.39 bits per heavy atom. The van der Waals surface area contributed by atoms with Gasteiger partial charge >= 0.3 is 6.03 Å². The molecule has 0 atom stereocenters. The van der Waals surface area contributed by atoms with Crippen LogP contribution in [-0.2, 0) is 9.59 Å². The highest BCUT2D eigenvalue weighted by Gasteiger charge is 2.37. The molecular weight excluding hydrogens is 384 g/mol. The number of urea groups is 1. The summed E-state index contributed by atoms with van der Waals surface area (Å²) in [5.41, 5.74) is 1.31. The van der Waals surface area contributed by atoms with Gasteiger partial charge in [-0.2, -0.15) is 0 Å². The SMILES string of the molecule is COc1ccc(/C=C2\C(=O)NC(=O)N(c3cc(Cl)ccc3C)C2=O)cc1OC. The number of hydrogen-bond acceptors (Lipinski definition) is 5. The molecule has 0 aliphatic carbocycles. The van der Waals surface area contributed by atoms with E-state index in [1.165, 1.54) is 26.4 Å². The molecule has 2 aromatic carbocycles. The molecule has 4 amide bonds. The molecule has 1 fully saturated rings. The predicted molar refractivity (Wildman–Crippen MR) is 105 cm³/mol. The molecule has 0 spiro atoms. The molecule has 144 valence electrons. The quantitative estimate of drug-likeness (QED) is 0.628. The number of hydrogen-bond donors (Lipinski definition) is 1. The van der Waals surface area contributed by atoms with Gasteiger partial charge in [0.05, 0.1) is 19.9 Å². The molecule has 1 aliphatic heterocycles.